The maximum atomic E-state index is 13.1. The highest BCUT2D eigenvalue weighted by Crippen LogP contribution is 2.24. The van der Waals surface area contributed by atoms with E-state index < -0.39 is 15.9 Å². The third-order valence-electron chi connectivity index (χ3n) is 5.46. The molecule has 2 heterocycles. The topological polar surface area (TPSA) is 83.6 Å². The largest absolute Gasteiger partial charge is 0.322 e. The van der Waals surface area contributed by atoms with Crippen LogP contribution in [0.15, 0.2) is 70.9 Å². The number of nitrogens with one attached hydrogen (secondary N) is 1. The van der Waals surface area contributed by atoms with Gasteiger partial charge in [-0.15, -0.1) is 11.3 Å². The molecule has 32 heavy (non-hydrogen) atoms. The smallest absolute Gasteiger partial charge is 0.256 e. The van der Waals surface area contributed by atoms with E-state index in [1.807, 2.05) is 5.38 Å². The number of carbonyl (C=O) groups is 2. The first-order valence-corrected chi connectivity index (χ1v) is 12.9. The van der Waals surface area contributed by atoms with E-state index in [-0.39, 0.29) is 16.2 Å². The first kappa shape index (κ1) is 22.4. The Morgan fingerprint density at radius 3 is 2.25 bits per heavy atom. The Balaban J connectivity index is 1.57. The number of hydrogen-bond donors (Lipinski definition) is 1. The van der Waals surface area contributed by atoms with Gasteiger partial charge >= 0.3 is 0 Å². The number of amides is 1. The van der Waals surface area contributed by atoms with Crippen molar-refractivity contribution in [1.29, 1.82) is 0 Å². The molecule has 1 fully saturated rings. The fourth-order valence-corrected chi connectivity index (χ4v) is 6.02. The number of anilines is 1. The molecule has 2 aromatic carbocycles. The van der Waals surface area contributed by atoms with Gasteiger partial charge in [-0.05, 0) is 48.6 Å². The predicted octanol–water partition coefficient (Wildman–Crippen LogP) is 4.80. The van der Waals surface area contributed by atoms with Crippen LogP contribution in [0.2, 0.25) is 0 Å². The molecular formula is C24H24N2O4S2. The molecule has 1 aromatic heterocycles. The van der Waals surface area contributed by atoms with Gasteiger partial charge in [0.1, 0.15) is 0 Å². The predicted molar refractivity (Wildman–Crippen MR) is 126 cm³/mol. The molecule has 0 bridgehead atoms. The van der Waals surface area contributed by atoms with Gasteiger partial charge in [0, 0.05) is 24.3 Å². The average molecular weight is 469 g/mol. The number of sulfonamides is 1. The quantitative estimate of drug-likeness (QED) is 0.527. The summed E-state index contributed by atoms with van der Waals surface area (Å²) in [5.74, 6) is -0.682. The molecule has 1 saturated heterocycles. The van der Waals surface area contributed by atoms with Crippen molar-refractivity contribution in [2.75, 3.05) is 18.4 Å². The number of nitrogens with zero attached hydrogens (tertiary/aromatic N) is 1. The number of benzene rings is 2. The van der Waals surface area contributed by atoms with Crippen LogP contribution in [0.3, 0.4) is 0 Å². The molecule has 1 aliphatic heterocycles. The fraction of sp³-hybridized carbons (Fsp3) is 0.250. The number of ketones is 1. The van der Waals surface area contributed by atoms with Crippen molar-refractivity contribution >= 4 is 38.7 Å². The molecule has 1 amide bonds. The third kappa shape index (κ3) is 4.82. The number of thiophene rings is 1. The normalized spacial score (nSPS) is 15.1. The summed E-state index contributed by atoms with van der Waals surface area (Å²) in [5.41, 5.74) is 0.914. The lowest BCUT2D eigenvalue weighted by molar-refractivity contribution is 0.0998. The zero-order valence-electron chi connectivity index (χ0n) is 17.5. The SMILES string of the molecule is O=C(Nc1cccc(S(=O)(=O)N2CCCCCC2)c1)c1ccccc1C(=O)c1cccs1. The van der Waals surface area contributed by atoms with Crippen LogP contribution in [-0.2, 0) is 10.0 Å². The number of hydrogen-bond acceptors (Lipinski definition) is 5. The molecule has 0 saturated carbocycles. The standard InChI is InChI=1S/C24H24N2O4S2/c27-23(22-13-8-16-31-22)20-11-3-4-12-21(20)24(28)25-18-9-7-10-19(17-18)32(29,30)26-14-5-1-2-6-15-26/h3-4,7-13,16-17H,1-2,5-6,14-15H2,(H,25,28). The molecule has 4 rings (SSSR count). The second-order valence-corrected chi connectivity index (χ2v) is 10.5. The number of carbonyl (C=O) groups excluding carboxylic acids is 2. The highest BCUT2D eigenvalue weighted by atomic mass is 32.2. The van der Waals surface area contributed by atoms with Crippen LogP contribution >= 0.6 is 11.3 Å². The molecule has 0 radical (unpaired) electrons. The highest BCUT2D eigenvalue weighted by molar-refractivity contribution is 7.89. The van der Waals surface area contributed by atoms with Gasteiger partial charge in [-0.3, -0.25) is 9.59 Å². The first-order chi connectivity index (χ1) is 15.5. The van der Waals surface area contributed by atoms with Gasteiger partial charge in [-0.2, -0.15) is 4.31 Å². The Labute approximate surface area is 191 Å². The molecule has 1 aliphatic rings. The van der Waals surface area contributed by atoms with E-state index in [4.69, 9.17) is 0 Å². The molecular weight excluding hydrogens is 444 g/mol. The zero-order valence-corrected chi connectivity index (χ0v) is 19.1. The second-order valence-electron chi connectivity index (χ2n) is 7.65. The van der Waals surface area contributed by atoms with Crippen molar-refractivity contribution in [3.8, 4) is 0 Å². The van der Waals surface area contributed by atoms with E-state index in [0.29, 0.717) is 29.2 Å². The lowest BCUT2D eigenvalue weighted by Crippen LogP contribution is -2.32. The molecule has 0 atom stereocenters. The fourth-order valence-electron chi connectivity index (χ4n) is 3.78. The maximum absolute atomic E-state index is 13.1. The Bertz CT molecular complexity index is 1210. The van der Waals surface area contributed by atoms with E-state index in [2.05, 4.69) is 5.32 Å². The first-order valence-electron chi connectivity index (χ1n) is 10.6. The maximum Gasteiger partial charge on any atom is 0.256 e. The molecule has 0 unspecified atom stereocenters. The van der Waals surface area contributed by atoms with Crippen LogP contribution in [0, 0.1) is 0 Å². The van der Waals surface area contributed by atoms with Crippen LogP contribution in [0.1, 0.15) is 51.3 Å². The van der Waals surface area contributed by atoms with Crippen molar-refractivity contribution in [2.45, 2.75) is 30.6 Å². The molecule has 0 spiro atoms. The van der Waals surface area contributed by atoms with Crippen molar-refractivity contribution in [1.82, 2.24) is 4.31 Å². The lowest BCUT2D eigenvalue weighted by atomic mass is 10.0. The summed E-state index contributed by atoms with van der Waals surface area (Å²) in [5, 5.41) is 4.57. The van der Waals surface area contributed by atoms with Gasteiger partial charge in [-0.1, -0.05) is 43.2 Å². The van der Waals surface area contributed by atoms with E-state index in [0.717, 1.165) is 25.7 Å². The Hall–Kier alpha value is -2.81. The Kier molecular flexibility index (Phi) is 6.83. The van der Waals surface area contributed by atoms with Crippen LogP contribution in [-0.4, -0.2) is 37.5 Å². The van der Waals surface area contributed by atoms with E-state index in [1.165, 1.54) is 21.7 Å². The van der Waals surface area contributed by atoms with Gasteiger partial charge in [0.25, 0.3) is 5.91 Å². The van der Waals surface area contributed by atoms with Crippen LogP contribution in [0.25, 0.3) is 0 Å². The van der Waals surface area contributed by atoms with Crippen LogP contribution in [0.5, 0.6) is 0 Å². The summed E-state index contributed by atoms with van der Waals surface area (Å²) >= 11 is 1.32. The summed E-state index contributed by atoms with van der Waals surface area (Å²) in [4.78, 5) is 26.5. The van der Waals surface area contributed by atoms with Crippen molar-refractivity contribution < 1.29 is 18.0 Å². The minimum Gasteiger partial charge on any atom is -0.322 e. The van der Waals surface area contributed by atoms with Gasteiger partial charge < -0.3 is 5.32 Å². The molecule has 8 heteroatoms. The molecule has 0 aliphatic carbocycles. The Morgan fingerprint density at radius 1 is 0.844 bits per heavy atom. The minimum atomic E-state index is -3.63. The average Bonchev–Trinajstić information content (AvgIpc) is 3.20. The van der Waals surface area contributed by atoms with Gasteiger partial charge in [0.2, 0.25) is 15.8 Å². The molecule has 3 aromatic rings. The highest BCUT2D eigenvalue weighted by Gasteiger charge is 2.26. The second kappa shape index (κ2) is 9.77. The summed E-state index contributed by atoms with van der Waals surface area (Å²) in [6.07, 6.45) is 3.77. The zero-order chi connectivity index (χ0) is 22.6. The summed E-state index contributed by atoms with van der Waals surface area (Å²) in [6.45, 7) is 1.02. The van der Waals surface area contributed by atoms with Gasteiger partial charge in [0.05, 0.1) is 15.3 Å². The summed E-state index contributed by atoms with van der Waals surface area (Å²) in [6, 6.07) is 16.4. The Morgan fingerprint density at radius 2 is 1.56 bits per heavy atom. The molecule has 6 nitrogen and oxygen atoms in total. The summed E-state index contributed by atoms with van der Waals surface area (Å²) < 4.78 is 27.7. The van der Waals surface area contributed by atoms with Crippen molar-refractivity contribution in [3.05, 3.63) is 82.0 Å². The number of rotatable bonds is 6. The van der Waals surface area contributed by atoms with Gasteiger partial charge in [0.15, 0.2) is 0 Å². The van der Waals surface area contributed by atoms with Crippen molar-refractivity contribution in [2.24, 2.45) is 0 Å². The van der Waals surface area contributed by atoms with E-state index in [1.54, 1.807) is 54.6 Å². The lowest BCUT2D eigenvalue weighted by Gasteiger charge is -2.20. The van der Waals surface area contributed by atoms with Crippen molar-refractivity contribution in [3.63, 3.8) is 0 Å². The van der Waals surface area contributed by atoms with Crippen LogP contribution in [0.4, 0.5) is 5.69 Å². The summed E-state index contributed by atoms with van der Waals surface area (Å²) in [7, 11) is -3.63. The molecule has 1 N–H and O–H groups in total. The third-order valence-corrected chi connectivity index (χ3v) is 8.22. The molecule has 166 valence electrons. The van der Waals surface area contributed by atoms with Gasteiger partial charge in [-0.25, -0.2) is 8.42 Å². The van der Waals surface area contributed by atoms with E-state index in [9.17, 15) is 18.0 Å². The monoisotopic (exact) mass is 468 g/mol. The minimum absolute atomic E-state index is 0.153. The van der Waals surface area contributed by atoms with Crippen LogP contribution < -0.4 is 5.32 Å². The van der Waals surface area contributed by atoms with E-state index >= 15 is 0 Å².